The van der Waals surface area contributed by atoms with Gasteiger partial charge >= 0.3 is 0 Å². The average molecular weight is 245 g/mol. The van der Waals surface area contributed by atoms with Crippen LogP contribution >= 0.6 is 0 Å². The van der Waals surface area contributed by atoms with Gasteiger partial charge in [-0.25, -0.2) is 4.98 Å². The second-order valence-corrected chi connectivity index (χ2v) is 5.67. The number of nitrogens with one attached hydrogen (secondary N) is 1. The van der Waals surface area contributed by atoms with Gasteiger partial charge in [-0.2, -0.15) is 5.10 Å². The fourth-order valence-corrected chi connectivity index (χ4v) is 2.65. The summed E-state index contributed by atoms with van der Waals surface area (Å²) in [6, 6.07) is 5.83. The van der Waals surface area contributed by atoms with Crippen LogP contribution in [0.5, 0.6) is 0 Å². The Hall–Kier alpha value is -1.38. The van der Waals surface area contributed by atoms with Crippen LogP contribution in [0.2, 0.25) is 0 Å². The summed E-state index contributed by atoms with van der Waals surface area (Å²) in [6.07, 6.45) is 5.49. The third-order valence-electron chi connectivity index (χ3n) is 3.74. The first-order chi connectivity index (χ1) is 8.66. The van der Waals surface area contributed by atoms with Gasteiger partial charge in [-0.3, -0.25) is 5.43 Å². The molecule has 1 N–H and O–H groups in total. The van der Waals surface area contributed by atoms with Gasteiger partial charge in [0.15, 0.2) is 0 Å². The molecule has 1 aromatic rings. The maximum absolute atomic E-state index is 4.61. The molecule has 1 aliphatic carbocycles. The predicted molar refractivity (Wildman–Crippen MR) is 76.6 cm³/mol. The molecule has 1 aliphatic rings. The monoisotopic (exact) mass is 245 g/mol. The summed E-state index contributed by atoms with van der Waals surface area (Å²) in [7, 11) is 0. The summed E-state index contributed by atoms with van der Waals surface area (Å²) in [5, 5.41) is 4.61. The number of anilines is 1. The van der Waals surface area contributed by atoms with Crippen molar-refractivity contribution in [2.45, 2.75) is 40.0 Å². The molecule has 0 bridgehead atoms. The van der Waals surface area contributed by atoms with E-state index in [0.717, 1.165) is 18.2 Å². The Kier molecular flexibility index (Phi) is 4.34. The summed E-state index contributed by atoms with van der Waals surface area (Å²) in [4.78, 5) is 4.23. The Morgan fingerprint density at radius 3 is 2.83 bits per heavy atom. The van der Waals surface area contributed by atoms with Crippen molar-refractivity contribution >= 4 is 11.5 Å². The summed E-state index contributed by atoms with van der Waals surface area (Å²) < 4.78 is 0. The van der Waals surface area contributed by atoms with E-state index in [2.05, 4.69) is 36.3 Å². The van der Waals surface area contributed by atoms with Crippen molar-refractivity contribution in [2.75, 3.05) is 5.43 Å². The van der Waals surface area contributed by atoms with Gasteiger partial charge < -0.3 is 0 Å². The van der Waals surface area contributed by atoms with Crippen LogP contribution in [0.1, 0.15) is 40.0 Å². The number of hydrogen-bond acceptors (Lipinski definition) is 3. The Morgan fingerprint density at radius 1 is 1.33 bits per heavy atom. The summed E-state index contributed by atoms with van der Waals surface area (Å²) in [5.74, 6) is 2.87. The van der Waals surface area contributed by atoms with Crippen LogP contribution in [0.25, 0.3) is 0 Å². The van der Waals surface area contributed by atoms with Crippen molar-refractivity contribution in [3.05, 3.63) is 24.4 Å². The highest BCUT2D eigenvalue weighted by atomic mass is 15.3. The molecule has 3 heteroatoms. The number of hydrogen-bond donors (Lipinski definition) is 1. The zero-order valence-corrected chi connectivity index (χ0v) is 11.6. The average Bonchev–Trinajstić information content (AvgIpc) is 2.37. The third kappa shape index (κ3) is 3.31. The zero-order chi connectivity index (χ0) is 13.0. The molecule has 2 atom stereocenters. The molecule has 18 heavy (non-hydrogen) atoms. The molecule has 2 rings (SSSR count). The molecule has 0 amide bonds. The topological polar surface area (TPSA) is 37.3 Å². The molecule has 0 unspecified atom stereocenters. The van der Waals surface area contributed by atoms with Gasteiger partial charge in [0.25, 0.3) is 0 Å². The van der Waals surface area contributed by atoms with Gasteiger partial charge in [0.1, 0.15) is 5.82 Å². The number of nitrogens with zero attached hydrogens (tertiary/aromatic N) is 2. The van der Waals surface area contributed by atoms with Crippen LogP contribution in [0.15, 0.2) is 29.5 Å². The van der Waals surface area contributed by atoms with Crippen molar-refractivity contribution in [2.24, 2.45) is 22.9 Å². The molecule has 1 fully saturated rings. The van der Waals surface area contributed by atoms with Gasteiger partial charge in [0.05, 0.1) is 0 Å². The lowest BCUT2D eigenvalue weighted by molar-refractivity contribution is 0.364. The van der Waals surface area contributed by atoms with Crippen molar-refractivity contribution < 1.29 is 0 Å². The molecule has 3 nitrogen and oxygen atoms in total. The van der Waals surface area contributed by atoms with Crippen LogP contribution in [0, 0.1) is 17.8 Å². The number of pyridine rings is 1. The first-order valence-electron chi connectivity index (χ1n) is 6.90. The number of hydrazone groups is 1. The Labute approximate surface area is 110 Å². The van der Waals surface area contributed by atoms with Gasteiger partial charge in [0.2, 0.25) is 0 Å². The quantitative estimate of drug-likeness (QED) is 0.819. The number of aromatic nitrogens is 1. The first-order valence-corrected chi connectivity index (χ1v) is 6.90. The van der Waals surface area contributed by atoms with Crippen molar-refractivity contribution in [1.82, 2.24) is 4.98 Å². The van der Waals surface area contributed by atoms with E-state index >= 15 is 0 Å². The van der Waals surface area contributed by atoms with E-state index < -0.39 is 0 Å². The molecule has 0 radical (unpaired) electrons. The maximum Gasteiger partial charge on any atom is 0.146 e. The smallest absolute Gasteiger partial charge is 0.146 e. The molecule has 1 aromatic heterocycles. The molecule has 0 saturated heterocycles. The van der Waals surface area contributed by atoms with E-state index in [1.807, 2.05) is 18.2 Å². The lowest BCUT2D eigenvalue weighted by atomic mass is 9.76. The van der Waals surface area contributed by atoms with E-state index in [1.54, 1.807) is 6.20 Å². The first kappa shape index (κ1) is 13.1. The fraction of sp³-hybridized carbons (Fsp3) is 0.600. The SMILES string of the molecule is CC(C)[C@H]1CC[C@H](C)C/C1=N/Nc1ccccn1. The highest BCUT2D eigenvalue weighted by Crippen LogP contribution is 2.31. The normalized spacial score (nSPS) is 26.6. The molecule has 0 aliphatic heterocycles. The van der Waals surface area contributed by atoms with Crippen LogP contribution < -0.4 is 5.43 Å². The largest absolute Gasteiger partial charge is 0.261 e. The number of rotatable bonds is 3. The predicted octanol–water partition coefficient (Wildman–Crippen LogP) is 3.94. The lowest BCUT2D eigenvalue weighted by Crippen LogP contribution is -2.28. The van der Waals surface area contributed by atoms with Crippen LogP contribution in [0.3, 0.4) is 0 Å². The maximum atomic E-state index is 4.61. The van der Waals surface area contributed by atoms with E-state index in [-0.39, 0.29) is 0 Å². The second kappa shape index (κ2) is 5.98. The highest BCUT2D eigenvalue weighted by Gasteiger charge is 2.26. The summed E-state index contributed by atoms with van der Waals surface area (Å²) >= 11 is 0. The molecule has 1 heterocycles. The Bertz CT molecular complexity index is 397. The third-order valence-corrected chi connectivity index (χ3v) is 3.74. The van der Waals surface area contributed by atoms with Gasteiger partial charge in [0, 0.05) is 17.8 Å². The van der Waals surface area contributed by atoms with E-state index in [4.69, 9.17) is 0 Å². The Morgan fingerprint density at radius 2 is 2.17 bits per heavy atom. The van der Waals surface area contributed by atoms with Crippen LogP contribution in [0.4, 0.5) is 5.82 Å². The minimum absolute atomic E-state index is 0.623. The molecular formula is C15H23N3. The summed E-state index contributed by atoms with van der Waals surface area (Å²) in [6.45, 7) is 6.89. The van der Waals surface area contributed by atoms with Crippen molar-refractivity contribution in [1.29, 1.82) is 0 Å². The fourth-order valence-electron chi connectivity index (χ4n) is 2.65. The van der Waals surface area contributed by atoms with Crippen molar-refractivity contribution in [3.63, 3.8) is 0 Å². The van der Waals surface area contributed by atoms with E-state index in [1.165, 1.54) is 18.6 Å². The van der Waals surface area contributed by atoms with Crippen molar-refractivity contribution in [3.8, 4) is 0 Å². The molecule has 98 valence electrons. The standard InChI is InChI=1S/C15H23N3/c1-11(2)13-8-7-12(3)10-14(13)17-18-15-6-4-5-9-16-15/h4-6,9,11-13H,7-8,10H2,1-3H3,(H,16,18)/b17-14-/t12-,13+/m0/s1. The van der Waals surface area contributed by atoms with Crippen LogP contribution in [-0.2, 0) is 0 Å². The van der Waals surface area contributed by atoms with Crippen LogP contribution in [-0.4, -0.2) is 10.7 Å². The zero-order valence-electron chi connectivity index (χ0n) is 11.6. The van der Waals surface area contributed by atoms with Gasteiger partial charge in [-0.1, -0.05) is 26.8 Å². The minimum atomic E-state index is 0.623. The van der Waals surface area contributed by atoms with Gasteiger partial charge in [-0.15, -0.1) is 0 Å². The second-order valence-electron chi connectivity index (χ2n) is 5.67. The lowest BCUT2D eigenvalue weighted by Gasteiger charge is -2.30. The molecule has 1 saturated carbocycles. The molecular weight excluding hydrogens is 222 g/mol. The highest BCUT2D eigenvalue weighted by molar-refractivity contribution is 5.88. The minimum Gasteiger partial charge on any atom is -0.261 e. The Balaban J connectivity index is 2.07. The molecule has 0 spiro atoms. The molecule has 0 aromatic carbocycles. The van der Waals surface area contributed by atoms with E-state index in [0.29, 0.717) is 11.8 Å². The van der Waals surface area contributed by atoms with E-state index in [9.17, 15) is 0 Å². The van der Waals surface area contributed by atoms with Gasteiger partial charge in [-0.05, 0) is 43.2 Å². The summed E-state index contributed by atoms with van der Waals surface area (Å²) in [5.41, 5.74) is 4.41.